The first kappa shape index (κ1) is 16.5. The van der Waals surface area contributed by atoms with Crippen molar-refractivity contribution >= 4 is 22.2 Å². The largest absolute Gasteiger partial charge is 0.385 e. The average Bonchev–Trinajstić information content (AvgIpc) is 2.38. The molecule has 2 nitrogen and oxygen atoms in total. The van der Waals surface area contributed by atoms with E-state index in [4.69, 9.17) is 0 Å². The third-order valence-corrected chi connectivity index (χ3v) is 9.09. The van der Waals surface area contributed by atoms with E-state index in [2.05, 4.69) is 43.8 Å². The molecule has 1 aromatic rings. The van der Waals surface area contributed by atoms with Gasteiger partial charge in [-0.2, -0.15) is 4.39 Å². The van der Waals surface area contributed by atoms with Gasteiger partial charge >= 0.3 is 0 Å². The van der Waals surface area contributed by atoms with Gasteiger partial charge in [0, 0.05) is 28.9 Å². The summed E-state index contributed by atoms with van der Waals surface area (Å²) in [5.41, 5.74) is 1.66. The van der Waals surface area contributed by atoms with Gasteiger partial charge in [-0.1, -0.05) is 13.5 Å². The molecule has 0 saturated carbocycles. The van der Waals surface area contributed by atoms with Crippen molar-refractivity contribution < 1.29 is 4.39 Å². The smallest absolute Gasteiger partial charge is 0.212 e. The molecule has 5 heteroatoms. The molecule has 0 aliphatic heterocycles. The summed E-state index contributed by atoms with van der Waals surface area (Å²) in [7, 11) is 0.993. The van der Waals surface area contributed by atoms with E-state index in [-0.39, 0.29) is 7.92 Å². The molecule has 0 aromatic carbocycles. The number of halogens is 1. The minimum absolute atomic E-state index is 0.0452. The second-order valence-corrected chi connectivity index (χ2v) is 9.74. The Balaban J connectivity index is 2.49. The monoisotopic (exact) mass is 300 g/mol. The van der Waals surface area contributed by atoms with Crippen LogP contribution in [0.2, 0.25) is 0 Å². The Labute approximate surface area is 118 Å². The lowest BCUT2D eigenvalue weighted by molar-refractivity contribution is 0.583. The van der Waals surface area contributed by atoms with Crippen LogP contribution in [0.25, 0.3) is 5.70 Å². The first-order valence-electron chi connectivity index (χ1n) is 6.30. The van der Waals surface area contributed by atoms with Crippen molar-refractivity contribution in [1.82, 2.24) is 10.3 Å². The topological polar surface area (TPSA) is 24.9 Å². The quantitative estimate of drug-likeness (QED) is 0.609. The summed E-state index contributed by atoms with van der Waals surface area (Å²) in [6, 6.07) is 3.06. The molecule has 0 aliphatic carbocycles. The summed E-state index contributed by atoms with van der Waals surface area (Å²) in [5.74, 6) is -0.459. The van der Waals surface area contributed by atoms with Crippen molar-refractivity contribution in [2.24, 2.45) is 0 Å². The number of rotatable bonds is 7. The zero-order valence-electron chi connectivity index (χ0n) is 12.1. The third kappa shape index (κ3) is 4.82. The van der Waals surface area contributed by atoms with Gasteiger partial charge in [0.25, 0.3) is 0 Å². The van der Waals surface area contributed by atoms with Crippen molar-refractivity contribution in [3.8, 4) is 0 Å². The molecule has 106 valence electrons. The van der Waals surface area contributed by atoms with Crippen molar-refractivity contribution in [3.63, 3.8) is 0 Å². The molecule has 2 unspecified atom stereocenters. The minimum atomic E-state index is -0.459. The second kappa shape index (κ2) is 7.31. The van der Waals surface area contributed by atoms with Crippen LogP contribution in [0, 0.1) is 5.95 Å². The number of nitrogens with one attached hydrogen (secondary N) is 1. The molecular formula is C14H23FN2P2. The van der Waals surface area contributed by atoms with Crippen molar-refractivity contribution in [3.05, 3.63) is 36.4 Å². The first-order valence-corrected chi connectivity index (χ1v) is 10.0. The fourth-order valence-corrected chi connectivity index (χ4v) is 4.41. The third-order valence-electron chi connectivity index (χ3n) is 3.55. The van der Waals surface area contributed by atoms with Crippen LogP contribution in [0.1, 0.15) is 18.9 Å². The van der Waals surface area contributed by atoms with Gasteiger partial charge in [0.05, 0.1) is 0 Å². The molecular weight excluding hydrogens is 277 g/mol. The second-order valence-electron chi connectivity index (χ2n) is 4.94. The number of aromatic nitrogens is 1. The normalized spacial score (nSPS) is 14.8. The lowest BCUT2D eigenvalue weighted by Gasteiger charge is -2.33. The Morgan fingerprint density at radius 2 is 2.21 bits per heavy atom. The fourth-order valence-electron chi connectivity index (χ4n) is 1.69. The van der Waals surface area contributed by atoms with Crippen LogP contribution >= 0.6 is 16.5 Å². The minimum Gasteiger partial charge on any atom is -0.385 e. The molecule has 0 bridgehead atoms. The Morgan fingerprint density at radius 3 is 2.68 bits per heavy atom. The highest BCUT2D eigenvalue weighted by molar-refractivity contribution is 7.69. The first-order chi connectivity index (χ1) is 8.89. The van der Waals surface area contributed by atoms with Crippen LogP contribution in [0.4, 0.5) is 4.39 Å². The molecule has 1 rings (SSSR count). The molecule has 0 radical (unpaired) electrons. The number of hydrogen-bond donors (Lipinski definition) is 1. The predicted octanol–water partition coefficient (Wildman–Crippen LogP) is 3.94. The molecule has 0 amide bonds. The van der Waals surface area contributed by atoms with Gasteiger partial charge in [-0.15, -0.1) is 16.5 Å². The fraction of sp³-hybridized carbons (Fsp3) is 0.500. The van der Waals surface area contributed by atoms with Gasteiger partial charge in [0.15, 0.2) is 0 Å². The number of pyridine rings is 1. The molecule has 0 spiro atoms. The maximum Gasteiger partial charge on any atom is 0.212 e. The molecule has 1 aromatic heterocycles. The van der Waals surface area contributed by atoms with Gasteiger partial charge < -0.3 is 5.32 Å². The molecule has 1 heterocycles. The standard InChI is InChI=1S/C14H23FN2P2/c1-11(12-6-7-13(15)17-10-12)16-9-8-14(2,18-3)19(4)5/h6-7,10,16,18H,1,8-9H2,2-5H3. The van der Waals surface area contributed by atoms with Gasteiger partial charge in [-0.05, 0) is 38.5 Å². The molecule has 0 fully saturated rings. The van der Waals surface area contributed by atoms with E-state index in [9.17, 15) is 4.39 Å². The Hall–Kier alpha value is -0.520. The summed E-state index contributed by atoms with van der Waals surface area (Å²) >= 11 is 0. The summed E-state index contributed by atoms with van der Waals surface area (Å²) in [5, 5.41) is 3.32. The number of nitrogens with zero attached hydrogens (tertiary/aromatic N) is 1. The Bertz CT molecular complexity index is 420. The summed E-state index contributed by atoms with van der Waals surface area (Å²) < 4.78 is 12.7. The van der Waals surface area contributed by atoms with Crippen LogP contribution in [0.15, 0.2) is 24.9 Å². The van der Waals surface area contributed by atoms with E-state index in [1.54, 1.807) is 6.07 Å². The highest BCUT2D eigenvalue weighted by atomic mass is 31.2. The maximum absolute atomic E-state index is 12.7. The molecule has 0 aliphatic rings. The van der Waals surface area contributed by atoms with Crippen LogP contribution in [0.3, 0.4) is 0 Å². The van der Waals surface area contributed by atoms with Gasteiger partial charge in [0.1, 0.15) is 0 Å². The van der Waals surface area contributed by atoms with Gasteiger partial charge in [0.2, 0.25) is 5.95 Å². The number of hydrogen-bond acceptors (Lipinski definition) is 2. The Kier molecular flexibility index (Phi) is 6.36. The summed E-state index contributed by atoms with van der Waals surface area (Å²) in [4.78, 5) is 4.07. The van der Waals surface area contributed by atoms with E-state index in [1.165, 1.54) is 12.3 Å². The van der Waals surface area contributed by atoms with Crippen LogP contribution in [-0.4, -0.2) is 36.4 Å². The molecule has 2 atom stereocenters. The molecule has 1 N–H and O–H groups in total. The van der Waals surface area contributed by atoms with E-state index >= 15 is 0 Å². The van der Waals surface area contributed by atoms with Crippen molar-refractivity contribution in [2.75, 3.05) is 26.5 Å². The van der Waals surface area contributed by atoms with E-state index in [1.807, 2.05) is 0 Å². The zero-order chi connectivity index (χ0) is 14.5. The van der Waals surface area contributed by atoms with E-state index in [0.717, 1.165) is 32.8 Å². The summed E-state index contributed by atoms with van der Waals surface area (Å²) in [6.45, 7) is 14.2. The molecule has 19 heavy (non-hydrogen) atoms. The maximum atomic E-state index is 12.7. The average molecular weight is 300 g/mol. The summed E-state index contributed by atoms with van der Waals surface area (Å²) in [6.07, 6.45) is 2.65. The Morgan fingerprint density at radius 1 is 1.53 bits per heavy atom. The predicted molar refractivity (Wildman–Crippen MR) is 87.3 cm³/mol. The SMILES string of the molecule is C=C(NCCC(C)(PC)P(C)C)c1ccc(F)nc1. The van der Waals surface area contributed by atoms with Crippen LogP contribution in [-0.2, 0) is 0 Å². The van der Waals surface area contributed by atoms with E-state index < -0.39 is 5.95 Å². The van der Waals surface area contributed by atoms with E-state index in [0.29, 0.717) is 4.90 Å². The van der Waals surface area contributed by atoms with Crippen LogP contribution in [0.5, 0.6) is 0 Å². The lowest BCUT2D eigenvalue weighted by Crippen LogP contribution is -2.23. The van der Waals surface area contributed by atoms with Crippen molar-refractivity contribution in [1.29, 1.82) is 0 Å². The highest BCUT2D eigenvalue weighted by Crippen LogP contribution is 2.54. The zero-order valence-corrected chi connectivity index (χ0v) is 14.0. The highest BCUT2D eigenvalue weighted by Gasteiger charge is 2.25. The lowest BCUT2D eigenvalue weighted by atomic mass is 10.2. The van der Waals surface area contributed by atoms with Crippen LogP contribution < -0.4 is 5.32 Å². The van der Waals surface area contributed by atoms with Gasteiger partial charge in [-0.25, -0.2) is 4.98 Å². The molecule has 0 saturated heterocycles. The van der Waals surface area contributed by atoms with Gasteiger partial charge in [-0.3, -0.25) is 0 Å². The van der Waals surface area contributed by atoms with Crippen molar-refractivity contribution in [2.45, 2.75) is 18.2 Å².